The summed E-state index contributed by atoms with van der Waals surface area (Å²) in [5, 5.41) is 4.17. The van der Waals surface area contributed by atoms with Crippen LogP contribution in [0.4, 0.5) is 18.9 Å². The zero-order valence-electron chi connectivity index (χ0n) is 12.8. The lowest BCUT2D eigenvalue weighted by Gasteiger charge is -2.37. The number of alkyl halides is 3. The number of aryl methyl sites for hydroxylation is 1. The van der Waals surface area contributed by atoms with Crippen LogP contribution in [0.2, 0.25) is 0 Å². The molecule has 2 N–H and O–H groups in total. The summed E-state index contributed by atoms with van der Waals surface area (Å²) >= 11 is 0. The summed E-state index contributed by atoms with van der Waals surface area (Å²) in [6.45, 7) is 0.559. The lowest BCUT2D eigenvalue weighted by molar-refractivity contribution is -0.139. The van der Waals surface area contributed by atoms with E-state index in [0.29, 0.717) is 12.2 Å². The molecule has 1 aromatic carbocycles. The standard InChI is InChI=1S/C16H19F3N4/c1-22-10-12(9-21-22)15-14-8-13(20)3-2-11(14)4-6-23(15)7-5-16(17,18)19/h2-3,8-10,15H,4-7,20H2,1H3. The number of nitrogen functional groups attached to an aromatic ring is 1. The van der Waals surface area contributed by atoms with Crippen molar-refractivity contribution in [3.8, 4) is 0 Å². The molecule has 0 saturated heterocycles. The van der Waals surface area contributed by atoms with Crippen LogP contribution in [0.3, 0.4) is 0 Å². The van der Waals surface area contributed by atoms with Gasteiger partial charge in [-0.2, -0.15) is 18.3 Å². The third kappa shape index (κ3) is 3.50. The number of fused-ring (bicyclic) bond motifs is 1. The Labute approximate surface area is 132 Å². The molecule has 0 amide bonds. The Morgan fingerprint density at radius 3 is 2.78 bits per heavy atom. The number of halogens is 3. The molecule has 23 heavy (non-hydrogen) atoms. The molecule has 1 aromatic heterocycles. The molecule has 2 heterocycles. The van der Waals surface area contributed by atoms with Gasteiger partial charge in [0.1, 0.15) is 0 Å². The number of rotatable bonds is 3. The fourth-order valence-electron chi connectivity index (χ4n) is 3.17. The van der Waals surface area contributed by atoms with Gasteiger partial charge in [-0.05, 0) is 29.7 Å². The predicted octanol–water partition coefficient (Wildman–Crippen LogP) is 2.90. The summed E-state index contributed by atoms with van der Waals surface area (Å²) in [7, 11) is 1.80. The molecule has 3 rings (SSSR count). The van der Waals surface area contributed by atoms with Gasteiger partial charge in [-0.1, -0.05) is 6.07 Å². The molecule has 124 valence electrons. The molecular weight excluding hydrogens is 305 g/mol. The fraction of sp³-hybridized carbons (Fsp3) is 0.438. The third-order valence-corrected chi connectivity index (χ3v) is 4.22. The minimum atomic E-state index is -4.16. The van der Waals surface area contributed by atoms with Crippen molar-refractivity contribution in [1.82, 2.24) is 14.7 Å². The van der Waals surface area contributed by atoms with Crippen molar-refractivity contribution in [1.29, 1.82) is 0 Å². The molecule has 0 radical (unpaired) electrons. The maximum absolute atomic E-state index is 12.6. The summed E-state index contributed by atoms with van der Waals surface area (Å²) in [5.74, 6) is 0. The van der Waals surface area contributed by atoms with Crippen LogP contribution in [0.1, 0.15) is 29.2 Å². The Bertz CT molecular complexity index is 693. The summed E-state index contributed by atoms with van der Waals surface area (Å²) in [4.78, 5) is 1.87. The molecule has 0 aliphatic carbocycles. The minimum Gasteiger partial charge on any atom is -0.399 e. The molecule has 1 aliphatic heterocycles. The summed E-state index contributed by atoms with van der Waals surface area (Å²) in [5.41, 5.74) is 9.52. The van der Waals surface area contributed by atoms with Gasteiger partial charge in [-0.3, -0.25) is 9.58 Å². The molecule has 0 fully saturated rings. The van der Waals surface area contributed by atoms with Crippen molar-refractivity contribution < 1.29 is 13.2 Å². The number of aromatic nitrogens is 2. The Morgan fingerprint density at radius 1 is 1.35 bits per heavy atom. The van der Waals surface area contributed by atoms with Crippen LogP contribution >= 0.6 is 0 Å². The normalized spacial score (nSPS) is 18.9. The van der Waals surface area contributed by atoms with Crippen LogP contribution in [0.5, 0.6) is 0 Å². The van der Waals surface area contributed by atoms with E-state index >= 15 is 0 Å². The molecule has 1 aliphatic rings. The molecule has 7 heteroatoms. The Morgan fingerprint density at radius 2 is 2.13 bits per heavy atom. The molecule has 0 saturated carbocycles. The Kier molecular flexibility index (Phi) is 4.06. The van der Waals surface area contributed by atoms with E-state index in [9.17, 15) is 13.2 Å². The molecule has 0 spiro atoms. The second-order valence-electron chi connectivity index (χ2n) is 5.96. The third-order valence-electron chi connectivity index (χ3n) is 4.22. The number of hydrogen-bond donors (Lipinski definition) is 1. The molecular formula is C16H19F3N4. The molecule has 1 unspecified atom stereocenters. The van der Waals surface area contributed by atoms with Crippen LogP contribution < -0.4 is 5.73 Å². The van der Waals surface area contributed by atoms with Gasteiger partial charge in [0.25, 0.3) is 0 Å². The first kappa shape index (κ1) is 15.9. The zero-order chi connectivity index (χ0) is 16.6. The number of benzene rings is 1. The van der Waals surface area contributed by atoms with E-state index in [-0.39, 0.29) is 12.6 Å². The van der Waals surface area contributed by atoms with Gasteiger partial charge in [-0.15, -0.1) is 0 Å². The van der Waals surface area contributed by atoms with Crippen molar-refractivity contribution in [3.05, 3.63) is 47.3 Å². The average Bonchev–Trinajstić information content (AvgIpc) is 2.89. The molecule has 4 nitrogen and oxygen atoms in total. The lowest BCUT2D eigenvalue weighted by atomic mass is 9.89. The summed E-state index contributed by atoms with van der Waals surface area (Å²) < 4.78 is 39.6. The van der Waals surface area contributed by atoms with E-state index in [1.165, 1.54) is 0 Å². The second kappa shape index (κ2) is 5.88. The van der Waals surface area contributed by atoms with E-state index < -0.39 is 12.6 Å². The maximum atomic E-state index is 12.6. The first-order valence-corrected chi connectivity index (χ1v) is 7.51. The lowest BCUT2D eigenvalue weighted by Crippen LogP contribution is -2.38. The highest BCUT2D eigenvalue weighted by Crippen LogP contribution is 2.36. The summed E-state index contributed by atoms with van der Waals surface area (Å²) in [6.07, 6.45) is -0.686. The zero-order valence-corrected chi connectivity index (χ0v) is 12.8. The molecule has 0 bridgehead atoms. The first-order chi connectivity index (χ1) is 10.8. The number of hydrogen-bond acceptors (Lipinski definition) is 3. The van der Waals surface area contributed by atoms with Crippen molar-refractivity contribution >= 4 is 5.69 Å². The molecule has 1 atom stereocenters. The second-order valence-corrected chi connectivity index (χ2v) is 5.96. The highest BCUT2D eigenvalue weighted by molar-refractivity contribution is 5.49. The predicted molar refractivity (Wildman–Crippen MR) is 81.9 cm³/mol. The van der Waals surface area contributed by atoms with Gasteiger partial charge in [0, 0.05) is 37.6 Å². The quantitative estimate of drug-likeness (QED) is 0.883. The monoisotopic (exact) mass is 324 g/mol. The van der Waals surface area contributed by atoms with Crippen molar-refractivity contribution in [2.75, 3.05) is 18.8 Å². The number of nitrogens with zero attached hydrogens (tertiary/aromatic N) is 3. The van der Waals surface area contributed by atoms with Gasteiger partial charge in [-0.25, -0.2) is 0 Å². The largest absolute Gasteiger partial charge is 0.399 e. The average molecular weight is 324 g/mol. The Balaban J connectivity index is 1.97. The maximum Gasteiger partial charge on any atom is 0.390 e. The number of nitrogens with two attached hydrogens (primary N) is 1. The molecule has 2 aromatic rings. The fourth-order valence-corrected chi connectivity index (χ4v) is 3.17. The summed E-state index contributed by atoms with van der Waals surface area (Å²) in [6, 6.07) is 5.44. The van der Waals surface area contributed by atoms with Crippen molar-refractivity contribution in [3.63, 3.8) is 0 Å². The van der Waals surface area contributed by atoms with Crippen molar-refractivity contribution in [2.24, 2.45) is 7.05 Å². The van der Waals surface area contributed by atoms with Crippen LogP contribution in [0.15, 0.2) is 30.6 Å². The first-order valence-electron chi connectivity index (χ1n) is 7.51. The van der Waals surface area contributed by atoms with E-state index in [1.807, 2.05) is 29.3 Å². The van der Waals surface area contributed by atoms with Gasteiger partial charge in [0.05, 0.1) is 18.7 Å². The Hall–Kier alpha value is -2.02. The van der Waals surface area contributed by atoms with Gasteiger partial charge < -0.3 is 5.73 Å². The van der Waals surface area contributed by atoms with Crippen LogP contribution in [0, 0.1) is 0 Å². The van der Waals surface area contributed by atoms with E-state index in [1.54, 1.807) is 17.9 Å². The SMILES string of the molecule is Cn1cc(C2c3cc(N)ccc3CCN2CCC(F)(F)F)cn1. The van der Waals surface area contributed by atoms with Crippen LogP contribution in [-0.2, 0) is 13.5 Å². The van der Waals surface area contributed by atoms with Crippen molar-refractivity contribution in [2.45, 2.75) is 25.1 Å². The smallest absolute Gasteiger partial charge is 0.390 e. The van der Waals surface area contributed by atoms with Gasteiger partial charge in [0.15, 0.2) is 0 Å². The van der Waals surface area contributed by atoms with Crippen LogP contribution in [-0.4, -0.2) is 33.9 Å². The minimum absolute atomic E-state index is 0.0305. The highest BCUT2D eigenvalue weighted by Gasteiger charge is 2.33. The highest BCUT2D eigenvalue weighted by atomic mass is 19.4. The van der Waals surface area contributed by atoms with E-state index in [0.717, 1.165) is 23.1 Å². The van der Waals surface area contributed by atoms with Crippen LogP contribution in [0.25, 0.3) is 0 Å². The topological polar surface area (TPSA) is 47.1 Å². The number of anilines is 1. The van der Waals surface area contributed by atoms with Gasteiger partial charge >= 0.3 is 6.18 Å². The van der Waals surface area contributed by atoms with Gasteiger partial charge in [0.2, 0.25) is 0 Å². The van der Waals surface area contributed by atoms with E-state index in [4.69, 9.17) is 5.73 Å². The van der Waals surface area contributed by atoms with E-state index in [2.05, 4.69) is 5.10 Å².